The molecule has 3 aromatic rings. The topological polar surface area (TPSA) is 79.6 Å². The second-order valence-corrected chi connectivity index (χ2v) is 6.01. The van der Waals surface area contributed by atoms with Crippen molar-refractivity contribution in [2.75, 3.05) is 18.6 Å². The highest BCUT2D eigenvalue weighted by Crippen LogP contribution is 2.29. The Bertz CT molecular complexity index is 754. The molecule has 0 unspecified atom stereocenters. The van der Waals surface area contributed by atoms with Crippen molar-refractivity contribution in [3.05, 3.63) is 42.5 Å². The van der Waals surface area contributed by atoms with Crippen molar-refractivity contribution in [2.45, 2.75) is 13.0 Å². The number of aliphatic hydroxyl groups excluding tert-OH is 1. The van der Waals surface area contributed by atoms with Gasteiger partial charge >= 0.3 is 0 Å². The zero-order chi connectivity index (χ0) is 16.1. The molecule has 0 amide bonds. The van der Waals surface area contributed by atoms with Gasteiger partial charge in [0, 0.05) is 35.7 Å². The Hall–Kier alpha value is -2.12. The summed E-state index contributed by atoms with van der Waals surface area (Å²) in [6, 6.07) is 7.96. The number of H-pyrrole nitrogens is 1. The van der Waals surface area contributed by atoms with Crippen LogP contribution in [0.15, 0.2) is 36.7 Å². The van der Waals surface area contributed by atoms with Gasteiger partial charge in [-0.2, -0.15) is 16.9 Å². The van der Waals surface area contributed by atoms with Gasteiger partial charge in [0.2, 0.25) is 0 Å². The van der Waals surface area contributed by atoms with Crippen LogP contribution in [-0.2, 0) is 13.0 Å². The van der Waals surface area contributed by atoms with E-state index in [2.05, 4.69) is 21.3 Å². The van der Waals surface area contributed by atoms with Crippen molar-refractivity contribution in [2.24, 2.45) is 0 Å². The Morgan fingerprint density at radius 1 is 1.26 bits per heavy atom. The highest BCUT2D eigenvalue weighted by molar-refractivity contribution is 7.98. The zero-order valence-corrected chi connectivity index (χ0v) is 13.8. The number of hydrogen-bond acceptors (Lipinski definition) is 5. The molecule has 0 bridgehead atoms. The fourth-order valence-electron chi connectivity index (χ4n) is 2.44. The summed E-state index contributed by atoms with van der Waals surface area (Å²) < 4.78 is 1.78. The van der Waals surface area contributed by atoms with Crippen molar-refractivity contribution >= 4 is 11.8 Å². The quantitative estimate of drug-likeness (QED) is 0.695. The number of benzene rings is 1. The number of aromatic nitrogens is 5. The molecular weight excluding hydrogens is 310 g/mol. The van der Waals surface area contributed by atoms with Gasteiger partial charge in [-0.25, -0.2) is 14.6 Å². The van der Waals surface area contributed by atoms with Crippen LogP contribution in [0.1, 0.15) is 5.82 Å². The van der Waals surface area contributed by atoms with E-state index >= 15 is 0 Å². The first kappa shape index (κ1) is 15.8. The van der Waals surface area contributed by atoms with Crippen LogP contribution in [0.3, 0.4) is 0 Å². The maximum absolute atomic E-state index is 9.32. The van der Waals surface area contributed by atoms with Gasteiger partial charge in [-0.05, 0) is 6.26 Å². The van der Waals surface area contributed by atoms with Crippen LogP contribution in [0, 0.1) is 0 Å². The fourth-order valence-corrected chi connectivity index (χ4v) is 2.82. The average molecular weight is 329 g/mol. The molecule has 0 atom stereocenters. The number of aryl methyl sites for hydroxylation is 1. The lowest BCUT2D eigenvalue weighted by Gasteiger charge is -2.08. The summed E-state index contributed by atoms with van der Waals surface area (Å²) >= 11 is 1.77. The number of rotatable bonds is 7. The molecule has 120 valence electrons. The third-order valence-corrected chi connectivity index (χ3v) is 4.09. The molecule has 2 heterocycles. The van der Waals surface area contributed by atoms with Gasteiger partial charge in [0.25, 0.3) is 0 Å². The van der Waals surface area contributed by atoms with Gasteiger partial charge in [0.15, 0.2) is 11.6 Å². The molecule has 0 radical (unpaired) electrons. The number of nitrogens with zero attached hydrogens (tertiary/aromatic N) is 4. The first-order valence-electron chi connectivity index (χ1n) is 7.46. The fraction of sp³-hybridized carbons (Fsp3) is 0.312. The lowest BCUT2D eigenvalue weighted by molar-refractivity contribution is 0.270. The minimum atomic E-state index is 0.0290. The first-order chi connectivity index (χ1) is 11.3. The van der Waals surface area contributed by atoms with E-state index in [0.717, 1.165) is 40.8 Å². The number of aromatic amines is 1. The SMILES string of the molecule is CSCCc1nc(-c2ccccc2-c2ncc[nH]2)n(CCO)n1. The van der Waals surface area contributed by atoms with Crippen molar-refractivity contribution in [3.63, 3.8) is 0 Å². The molecule has 2 N–H and O–H groups in total. The molecule has 6 nitrogen and oxygen atoms in total. The largest absolute Gasteiger partial charge is 0.394 e. The average Bonchev–Trinajstić information content (AvgIpc) is 3.23. The summed E-state index contributed by atoms with van der Waals surface area (Å²) in [5.74, 6) is 3.34. The van der Waals surface area contributed by atoms with Gasteiger partial charge in [-0.3, -0.25) is 0 Å². The Labute approximate surface area is 139 Å². The molecule has 2 aromatic heterocycles. The molecule has 0 saturated carbocycles. The molecule has 0 spiro atoms. The van der Waals surface area contributed by atoms with E-state index in [-0.39, 0.29) is 6.61 Å². The monoisotopic (exact) mass is 329 g/mol. The van der Waals surface area contributed by atoms with Gasteiger partial charge in [0.1, 0.15) is 5.82 Å². The summed E-state index contributed by atoms with van der Waals surface area (Å²) in [5.41, 5.74) is 1.93. The summed E-state index contributed by atoms with van der Waals surface area (Å²) in [6.45, 7) is 0.454. The molecule has 3 rings (SSSR count). The molecule has 1 aromatic carbocycles. The highest BCUT2D eigenvalue weighted by Gasteiger charge is 2.16. The molecule has 0 aliphatic heterocycles. The van der Waals surface area contributed by atoms with Crippen molar-refractivity contribution in [1.82, 2.24) is 24.7 Å². The molecule has 0 aliphatic rings. The minimum Gasteiger partial charge on any atom is -0.394 e. The smallest absolute Gasteiger partial charge is 0.159 e. The molecule has 7 heteroatoms. The number of thioether (sulfide) groups is 1. The Kier molecular flexibility index (Phi) is 5.09. The molecule has 23 heavy (non-hydrogen) atoms. The van der Waals surface area contributed by atoms with Crippen LogP contribution in [-0.4, -0.2) is 48.5 Å². The Morgan fingerprint density at radius 3 is 2.78 bits per heavy atom. The van der Waals surface area contributed by atoms with Crippen molar-refractivity contribution in [1.29, 1.82) is 0 Å². The summed E-state index contributed by atoms with van der Waals surface area (Å²) in [7, 11) is 0. The Balaban J connectivity index is 2.05. The van der Waals surface area contributed by atoms with E-state index in [1.54, 1.807) is 28.8 Å². The Morgan fingerprint density at radius 2 is 2.09 bits per heavy atom. The van der Waals surface area contributed by atoms with Gasteiger partial charge < -0.3 is 10.1 Å². The van der Waals surface area contributed by atoms with Gasteiger partial charge in [-0.15, -0.1) is 0 Å². The van der Waals surface area contributed by atoms with E-state index in [0.29, 0.717) is 6.54 Å². The number of hydrogen-bond donors (Lipinski definition) is 2. The third-order valence-electron chi connectivity index (χ3n) is 3.48. The van der Waals surface area contributed by atoms with Crippen molar-refractivity contribution < 1.29 is 5.11 Å². The van der Waals surface area contributed by atoms with E-state index in [1.807, 2.05) is 24.3 Å². The normalized spacial score (nSPS) is 11.0. The molecular formula is C16H19N5OS. The van der Waals surface area contributed by atoms with Crippen molar-refractivity contribution in [3.8, 4) is 22.8 Å². The summed E-state index contributed by atoms with van der Waals surface area (Å²) in [6.07, 6.45) is 6.41. The van der Waals surface area contributed by atoms with E-state index in [9.17, 15) is 5.11 Å². The van der Waals surface area contributed by atoms with Crippen LogP contribution in [0.2, 0.25) is 0 Å². The van der Waals surface area contributed by atoms with E-state index in [4.69, 9.17) is 4.98 Å². The number of nitrogens with one attached hydrogen (secondary N) is 1. The van der Waals surface area contributed by atoms with Gasteiger partial charge in [0.05, 0.1) is 13.2 Å². The zero-order valence-electron chi connectivity index (χ0n) is 12.9. The predicted octanol–water partition coefficient (Wildman–Crippen LogP) is 2.23. The summed E-state index contributed by atoms with van der Waals surface area (Å²) in [5, 5.41) is 13.9. The predicted molar refractivity (Wildman–Crippen MR) is 92.2 cm³/mol. The minimum absolute atomic E-state index is 0.0290. The van der Waals surface area contributed by atoms with Crippen LogP contribution in [0.5, 0.6) is 0 Å². The molecule has 0 aliphatic carbocycles. The van der Waals surface area contributed by atoms with Crippen LogP contribution >= 0.6 is 11.8 Å². The molecule has 0 fully saturated rings. The van der Waals surface area contributed by atoms with Crippen LogP contribution in [0.4, 0.5) is 0 Å². The van der Waals surface area contributed by atoms with E-state index < -0.39 is 0 Å². The third kappa shape index (κ3) is 3.46. The lowest BCUT2D eigenvalue weighted by Crippen LogP contribution is -2.07. The molecule has 0 saturated heterocycles. The maximum atomic E-state index is 9.32. The maximum Gasteiger partial charge on any atom is 0.159 e. The van der Waals surface area contributed by atoms with E-state index in [1.165, 1.54) is 0 Å². The highest BCUT2D eigenvalue weighted by atomic mass is 32.2. The van der Waals surface area contributed by atoms with Crippen LogP contribution in [0.25, 0.3) is 22.8 Å². The van der Waals surface area contributed by atoms with Gasteiger partial charge in [-0.1, -0.05) is 24.3 Å². The number of aliphatic hydroxyl groups is 1. The summed E-state index contributed by atoms with van der Waals surface area (Å²) in [4.78, 5) is 12.2. The number of imidazole rings is 1. The first-order valence-corrected chi connectivity index (χ1v) is 8.85. The second kappa shape index (κ2) is 7.43. The second-order valence-electron chi connectivity index (χ2n) is 5.02. The lowest BCUT2D eigenvalue weighted by atomic mass is 10.1. The standard InChI is InChI=1S/C16H19N5OS/c1-23-11-6-14-19-16(21(20-14)9-10-22)13-5-3-2-4-12(13)15-17-7-8-18-15/h2-5,7-8,22H,6,9-11H2,1H3,(H,17,18). The van der Waals surface area contributed by atoms with Crippen LogP contribution < -0.4 is 0 Å².